The van der Waals surface area contributed by atoms with Gasteiger partial charge in [0, 0.05) is 24.2 Å². The summed E-state index contributed by atoms with van der Waals surface area (Å²) in [5.74, 6) is -0.402. The predicted octanol–water partition coefficient (Wildman–Crippen LogP) is 2.47. The van der Waals surface area contributed by atoms with Crippen molar-refractivity contribution < 1.29 is 18.8 Å². The van der Waals surface area contributed by atoms with Crippen molar-refractivity contribution in [3.63, 3.8) is 0 Å². The first kappa shape index (κ1) is 17.2. The molecule has 2 aromatic rings. The number of nitro benzene ring substituents is 1. The molecule has 126 valence electrons. The molecule has 0 aliphatic carbocycles. The number of hydrogen-bond donors (Lipinski definition) is 2. The Morgan fingerprint density at radius 1 is 1.29 bits per heavy atom. The molecule has 0 heterocycles. The van der Waals surface area contributed by atoms with Gasteiger partial charge < -0.3 is 15.4 Å². The first-order valence-corrected chi connectivity index (χ1v) is 7.07. The van der Waals surface area contributed by atoms with Gasteiger partial charge in [-0.3, -0.25) is 14.9 Å². The van der Waals surface area contributed by atoms with E-state index < -0.39 is 10.7 Å². The van der Waals surface area contributed by atoms with Crippen LogP contribution in [0.15, 0.2) is 42.5 Å². The van der Waals surface area contributed by atoms with E-state index in [-0.39, 0.29) is 24.7 Å². The Morgan fingerprint density at radius 2 is 2.04 bits per heavy atom. The average molecular weight is 333 g/mol. The molecule has 2 N–H and O–H groups in total. The molecule has 0 radical (unpaired) electrons. The molecule has 2 aromatic carbocycles. The fourth-order valence-corrected chi connectivity index (χ4v) is 2.02. The Labute approximate surface area is 137 Å². The number of nitrogens with one attached hydrogen (secondary N) is 2. The van der Waals surface area contributed by atoms with E-state index in [1.807, 2.05) is 0 Å². The van der Waals surface area contributed by atoms with Crippen LogP contribution in [0.5, 0.6) is 5.75 Å². The van der Waals surface area contributed by atoms with Crippen LogP contribution in [-0.2, 0) is 11.3 Å². The number of methoxy groups -OCH3 is 1. The van der Waals surface area contributed by atoms with Crippen molar-refractivity contribution >= 4 is 17.3 Å². The van der Waals surface area contributed by atoms with Gasteiger partial charge in [-0.15, -0.1) is 0 Å². The number of nitro groups is 1. The van der Waals surface area contributed by atoms with Crippen molar-refractivity contribution in [3.8, 4) is 5.75 Å². The summed E-state index contributed by atoms with van der Waals surface area (Å²) in [7, 11) is 1.42. The zero-order valence-electron chi connectivity index (χ0n) is 12.9. The second kappa shape index (κ2) is 7.91. The van der Waals surface area contributed by atoms with Crippen molar-refractivity contribution in [2.24, 2.45) is 0 Å². The maximum atomic E-state index is 13.5. The number of anilines is 1. The largest absolute Gasteiger partial charge is 0.495 e. The molecular formula is C16H16FN3O4. The second-order valence-electron chi connectivity index (χ2n) is 4.86. The lowest BCUT2D eigenvalue weighted by Gasteiger charge is -2.11. The molecule has 24 heavy (non-hydrogen) atoms. The van der Waals surface area contributed by atoms with Gasteiger partial charge in [-0.05, 0) is 12.1 Å². The number of non-ortho nitro benzene ring substituents is 1. The lowest BCUT2D eigenvalue weighted by Crippen LogP contribution is -2.29. The Bertz CT molecular complexity index is 752. The average Bonchev–Trinajstić information content (AvgIpc) is 2.58. The van der Waals surface area contributed by atoms with Crippen LogP contribution in [-0.4, -0.2) is 24.5 Å². The predicted molar refractivity (Wildman–Crippen MR) is 86.4 cm³/mol. The Balaban J connectivity index is 1.95. The summed E-state index contributed by atoms with van der Waals surface area (Å²) in [5.41, 5.74) is 0.580. The lowest BCUT2D eigenvalue weighted by atomic mass is 10.2. The van der Waals surface area contributed by atoms with Gasteiger partial charge in [0.1, 0.15) is 11.6 Å². The van der Waals surface area contributed by atoms with E-state index in [1.54, 1.807) is 18.2 Å². The third-order valence-electron chi connectivity index (χ3n) is 3.27. The third-order valence-corrected chi connectivity index (χ3v) is 3.27. The minimum Gasteiger partial charge on any atom is -0.495 e. The van der Waals surface area contributed by atoms with Crippen LogP contribution < -0.4 is 15.4 Å². The SMILES string of the molecule is COc1ccc([N+](=O)[O-])cc1NCC(=O)NCc1ccccc1F. The van der Waals surface area contributed by atoms with Gasteiger partial charge in [0.05, 0.1) is 24.3 Å². The molecular weight excluding hydrogens is 317 g/mol. The Hall–Kier alpha value is -3.16. The summed E-state index contributed by atoms with van der Waals surface area (Å²) in [6.45, 7) is -0.0781. The van der Waals surface area contributed by atoms with Crippen molar-refractivity contribution in [2.75, 3.05) is 19.0 Å². The van der Waals surface area contributed by atoms with Crippen LogP contribution >= 0.6 is 0 Å². The molecule has 0 bridgehead atoms. The number of benzene rings is 2. The lowest BCUT2D eigenvalue weighted by molar-refractivity contribution is -0.384. The van der Waals surface area contributed by atoms with Crippen molar-refractivity contribution in [3.05, 3.63) is 64.0 Å². The summed E-state index contributed by atoms with van der Waals surface area (Å²) in [4.78, 5) is 22.1. The van der Waals surface area contributed by atoms with Gasteiger partial charge in [0.25, 0.3) is 5.69 Å². The standard InChI is InChI=1S/C16H16FN3O4/c1-24-15-7-6-12(20(22)23)8-14(15)18-10-16(21)19-9-11-4-2-3-5-13(11)17/h2-8,18H,9-10H2,1H3,(H,19,21). The smallest absolute Gasteiger partial charge is 0.271 e. The molecule has 8 heteroatoms. The normalized spacial score (nSPS) is 10.1. The number of amides is 1. The van der Waals surface area contributed by atoms with Gasteiger partial charge in [-0.1, -0.05) is 18.2 Å². The zero-order valence-corrected chi connectivity index (χ0v) is 12.9. The number of nitrogens with zero attached hydrogens (tertiary/aromatic N) is 1. The van der Waals surface area contributed by atoms with Gasteiger partial charge in [-0.25, -0.2) is 4.39 Å². The topological polar surface area (TPSA) is 93.5 Å². The maximum absolute atomic E-state index is 13.5. The third kappa shape index (κ3) is 4.42. The fourth-order valence-electron chi connectivity index (χ4n) is 2.02. The van der Waals surface area contributed by atoms with Crippen LogP contribution in [0.3, 0.4) is 0 Å². The highest BCUT2D eigenvalue weighted by Gasteiger charge is 2.12. The molecule has 0 aliphatic heterocycles. The molecule has 0 saturated heterocycles. The first-order chi connectivity index (χ1) is 11.5. The minimum absolute atomic E-state index is 0.0548. The van der Waals surface area contributed by atoms with E-state index in [9.17, 15) is 19.3 Å². The van der Waals surface area contributed by atoms with E-state index in [4.69, 9.17) is 4.74 Å². The molecule has 0 aliphatic rings. The summed E-state index contributed by atoms with van der Waals surface area (Å²) in [6.07, 6.45) is 0. The van der Waals surface area contributed by atoms with E-state index in [2.05, 4.69) is 10.6 Å². The molecule has 0 unspecified atom stereocenters. The van der Waals surface area contributed by atoms with Gasteiger partial charge in [0.2, 0.25) is 5.91 Å². The first-order valence-electron chi connectivity index (χ1n) is 7.07. The molecule has 0 spiro atoms. The Kier molecular flexibility index (Phi) is 5.67. The van der Waals surface area contributed by atoms with E-state index in [1.165, 1.54) is 31.4 Å². The molecule has 0 saturated carbocycles. The van der Waals surface area contributed by atoms with Crippen LogP contribution in [0.25, 0.3) is 0 Å². The summed E-state index contributed by atoms with van der Waals surface area (Å²) >= 11 is 0. The monoisotopic (exact) mass is 333 g/mol. The van der Waals surface area contributed by atoms with Crippen molar-refractivity contribution in [2.45, 2.75) is 6.54 Å². The molecule has 0 aromatic heterocycles. The number of ether oxygens (including phenoxy) is 1. The maximum Gasteiger partial charge on any atom is 0.271 e. The number of rotatable bonds is 7. The molecule has 1 amide bonds. The summed E-state index contributed by atoms with van der Waals surface area (Å²) in [5, 5.41) is 16.1. The summed E-state index contributed by atoms with van der Waals surface area (Å²) < 4.78 is 18.6. The summed E-state index contributed by atoms with van der Waals surface area (Å²) in [6, 6.07) is 10.2. The molecule has 0 atom stereocenters. The fraction of sp³-hybridized carbons (Fsp3) is 0.188. The number of halogens is 1. The van der Waals surface area contributed by atoms with E-state index >= 15 is 0 Å². The van der Waals surface area contributed by atoms with Gasteiger partial charge in [0.15, 0.2) is 0 Å². The highest BCUT2D eigenvalue weighted by molar-refractivity contribution is 5.81. The van der Waals surface area contributed by atoms with Crippen molar-refractivity contribution in [1.29, 1.82) is 0 Å². The van der Waals surface area contributed by atoms with E-state index in [0.29, 0.717) is 17.0 Å². The van der Waals surface area contributed by atoms with E-state index in [0.717, 1.165) is 0 Å². The van der Waals surface area contributed by atoms with Crippen LogP contribution in [0.4, 0.5) is 15.8 Å². The quantitative estimate of drug-likeness (QED) is 0.600. The molecule has 0 fully saturated rings. The van der Waals surface area contributed by atoms with Crippen molar-refractivity contribution in [1.82, 2.24) is 5.32 Å². The number of carbonyl (C=O) groups excluding carboxylic acids is 1. The van der Waals surface area contributed by atoms with Gasteiger partial charge in [-0.2, -0.15) is 0 Å². The zero-order chi connectivity index (χ0) is 17.5. The van der Waals surface area contributed by atoms with Crippen LogP contribution in [0.2, 0.25) is 0 Å². The highest BCUT2D eigenvalue weighted by Crippen LogP contribution is 2.28. The number of carbonyl (C=O) groups is 1. The molecule has 2 rings (SSSR count). The second-order valence-corrected chi connectivity index (χ2v) is 4.86. The highest BCUT2D eigenvalue weighted by atomic mass is 19.1. The van der Waals surface area contributed by atoms with Crippen LogP contribution in [0, 0.1) is 15.9 Å². The van der Waals surface area contributed by atoms with Gasteiger partial charge >= 0.3 is 0 Å². The van der Waals surface area contributed by atoms with Crippen LogP contribution in [0.1, 0.15) is 5.56 Å². The minimum atomic E-state index is -0.539. The number of hydrogen-bond acceptors (Lipinski definition) is 5. The Morgan fingerprint density at radius 3 is 2.71 bits per heavy atom. The molecule has 7 nitrogen and oxygen atoms in total.